The normalized spacial score (nSPS) is 17.0. The summed E-state index contributed by atoms with van der Waals surface area (Å²) >= 11 is 2.18. The molecule has 0 bridgehead atoms. The third-order valence-corrected chi connectivity index (χ3v) is 6.52. The van der Waals surface area contributed by atoms with Crippen molar-refractivity contribution < 1.29 is 0 Å². The minimum Gasteiger partial charge on any atom is -0.130 e. The van der Waals surface area contributed by atoms with Crippen LogP contribution in [0.3, 0.4) is 0 Å². The van der Waals surface area contributed by atoms with Gasteiger partial charge in [-0.15, -0.1) is 11.8 Å². The first kappa shape index (κ1) is 20.1. The summed E-state index contributed by atoms with van der Waals surface area (Å²) in [4.78, 5) is 1.78. The smallest absolute Gasteiger partial charge is 0.00201 e. The van der Waals surface area contributed by atoms with Gasteiger partial charge in [0.25, 0.3) is 0 Å². The Morgan fingerprint density at radius 3 is 2.05 bits per heavy atom. The maximum Gasteiger partial charge on any atom is -0.00201 e. The quantitative estimate of drug-likeness (QED) is 0.308. The van der Waals surface area contributed by atoms with Gasteiger partial charge in [0.15, 0.2) is 0 Å². The topological polar surface area (TPSA) is 0 Å². The van der Waals surface area contributed by atoms with Gasteiger partial charge in [0.1, 0.15) is 0 Å². The second-order valence-corrected chi connectivity index (χ2v) is 8.34. The van der Waals surface area contributed by atoms with Crippen LogP contribution in [0.1, 0.15) is 111 Å². The van der Waals surface area contributed by atoms with Crippen molar-refractivity contribution in [3.8, 4) is 0 Å². The minimum atomic E-state index is 0.889. The van der Waals surface area contributed by atoms with Crippen LogP contribution in [0.5, 0.6) is 0 Å². The van der Waals surface area contributed by atoms with Crippen molar-refractivity contribution >= 4 is 11.8 Å². The maximum atomic E-state index is 2.39. The summed E-state index contributed by atoms with van der Waals surface area (Å²) in [5, 5.41) is 0. The molecule has 0 aliphatic carbocycles. The van der Waals surface area contributed by atoms with E-state index >= 15 is 0 Å². The highest BCUT2D eigenvalue weighted by Crippen LogP contribution is 2.39. The molecule has 0 saturated carbocycles. The molecule has 0 saturated heterocycles. The van der Waals surface area contributed by atoms with E-state index < -0.39 is 0 Å². The highest BCUT2D eigenvalue weighted by atomic mass is 32.2. The number of allylic oxidation sites excluding steroid dienone is 2. The number of unbranched alkanes of at least 4 members (excludes halogenated alkanes) is 8. The Morgan fingerprint density at radius 1 is 0.818 bits per heavy atom. The van der Waals surface area contributed by atoms with E-state index in [1.807, 2.05) is 0 Å². The molecule has 1 aliphatic heterocycles. The van der Waals surface area contributed by atoms with Crippen LogP contribution in [0, 0.1) is 5.92 Å². The molecule has 1 heterocycles. The van der Waals surface area contributed by atoms with Gasteiger partial charge in [-0.25, -0.2) is 0 Å². The Kier molecular flexibility index (Phi) is 12.4. The van der Waals surface area contributed by atoms with Gasteiger partial charge in [-0.2, -0.15) is 0 Å². The highest BCUT2D eigenvalue weighted by Gasteiger charge is 2.19. The maximum absolute atomic E-state index is 2.39. The van der Waals surface area contributed by atoms with E-state index in [0.717, 1.165) is 5.92 Å². The lowest BCUT2D eigenvalue weighted by molar-refractivity contribution is 0.477. The van der Waals surface area contributed by atoms with Crippen molar-refractivity contribution in [1.29, 1.82) is 0 Å². The summed E-state index contributed by atoms with van der Waals surface area (Å²) in [5.41, 5.74) is 1.71. The summed E-state index contributed by atoms with van der Waals surface area (Å²) in [7, 11) is 0. The van der Waals surface area contributed by atoms with Crippen molar-refractivity contribution in [3.05, 3.63) is 10.5 Å². The fourth-order valence-corrected chi connectivity index (χ4v) is 5.02. The second kappa shape index (κ2) is 13.5. The summed E-state index contributed by atoms with van der Waals surface area (Å²) < 4.78 is 0. The van der Waals surface area contributed by atoms with Crippen molar-refractivity contribution in [1.82, 2.24) is 0 Å². The van der Waals surface area contributed by atoms with Crippen molar-refractivity contribution in [2.45, 2.75) is 111 Å². The third kappa shape index (κ3) is 8.65. The van der Waals surface area contributed by atoms with Crippen LogP contribution in [0.25, 0.3) is 0 Å². The lowest BCUT2D eigenvalue weighted by atomic mass is 9.92. The number of thioether (sulfide) groups is 1. The first-order valence-electron chi connectivity index (χ1n) is 10.1. The zero-order chi connectivity index (χ0) is 16.0. The van der Waals surface area contributed by atoms with Gasteiger partial charge in [-0.05, 0) is 49.2 Å². The number of hydrogen-bond donors (Lipinski definition) is 0. The molecular formula is C21H40S. The molecule has 0 spiro atoms. The van der Waals surface area contributed by atoms with Crippen molar-refractivity contribution in [2.75, 3.05) is 5.75 Å². The first-order chi connectivity index (χ1) is 10.8. The average molecular weight is 325 g/mol. The summed E-state index contributed by atoms with van der Waals surface area (Å²) in [6, 6.07) is 0. The van der Waals surface area contributed by atoms with E-state index in [4.69, 9.17) is 0 Å². The zero-order valence-corrected chi connectivity index (χ0v) is 16.4. The molecule has 0 aromatic rings. The molecule has 0 amide bonds. The summed E-state index contributed by atoms with van der Waals surface area (Å²) in [6.07, 6.45) is 20.0. The minimum absolute atomic E-state index is 0.889. The molecular weight excluding hydrogens is 284 g/mol. The van der Waals surface area contributed by atoms with Gasteiger partial charge in [-0.3, -0.25) is 0 Å². The van der Waals surface area contributed by atoms with E-state index in [2.05, 4.69) is 32.5 Å². The highest BCUT2D eigenvalue weighted by molar-refractivity contribution is 8.03. The molecule has 0 aromatic heterocycles. The molecule has 1 atom stereocenters. The number of hydrogen-bond acceptors (Lipinski definition) is 1. The fraction of sp³-hybridized carbons (Fsp3) is 0.905. The van der Waals surface area contributed by atoms with Gasteiger partial charge >= 0.3 is 0 Å². The molecule has 1 heteroatoms. The molecule has 0 aromatic carbocycles. The van der Waals surface area contributed by atoms with E-state index in [9.17, 15) is 0 Å². The largest absolute Gasteiger partial charge is 0.130 e. The molecule has 0 N–H and O–H groups in total. The predicted octanol–water partition coefficient (Wildman–Crippen LogP) is 8.12. The molecule has 22 heavy (non-hydrogen) atoms. The lowest BCUT2D eigenvalue weighted by Crippen LogP contribution is -2.08. The van der Waals surface area contributed by atoms with Crippen molar-refractivity contribution in [2.24, 2.45) is 5.92 Å². The fourth-order valence-electron chi connectivity index (χ4n) is 3.69. The Bertz CT molecular complexity index is 292. The Balaban J connectivity index is 2.14. The molecule has 0 fully saturated rings. The van der Waals surface area contributed by atoms with Crippen LogP contribution in [0.4, 0.5) is 0 Å². The molecule has 0 nitrogen and oxygen atoms in total. The van der Waals surface area contributed by atoms with Gasteiger partial charge in [0.05, 0.1) is 0 Å². The summed E-state index contributed by atoms with van der Waals surface area (Å²) in [5.74, 6) is 2.25. The average Bonchev–Trinajstić information content (AvgIpc) is 2.53. The van der Waals surface area contributed by atoms with Crippen LogP contribution < -0.4 is 0 Å². The predicted molar refractivity (Wildman–Crippen MR) is 105 cm³/mol. The Morgan fingerprint density at radius 2 is 1.45 bits per heavy atom. The number of rotatable bonds is 13. The van der Waals surface area contributed by atoms with Gasteiger partial charge in [0.2, 0.25) is 0 Å². The van der Waals surface area contributed by atoms with Crippen LogP contribution in [-0.2, 0) is 0 Å². The Labute approximate surface area is 144 Å². The standard InChI is InChI=1S/C21H40S/c1-4-6-7-8-9-10-11-12-13-17-20(15-5-2)21-19(3)16-14-18-22-21/h20H,4-18H2,1-3H3. The molecule has 1 aliphatic rings. The van der Waals surface area contributed by atoms with E-state index in [1.165, 1.54) is 95.6 Å². The monoisotopic (exact) mass is 324 g/mol. The van der Waals surface area contributed by atoms with Gasteiger partial charge < -0.3 is 0 Å². The van der Waals surface area contributed by atoms with E-state index in [0.29, 0.717) is 0 Å². The SMILES string of the molecule is CCCCCCCCCCCC(CCC)C1=C(C)CCCS1. The van der Waals surface area contributed by atoms with Crippen LogP contribution in [0.15, 0.2) is 10.5 Å². The zero-order valence-electron chi connectivity index (χ0n) is 15.6. The van der Waals surface area contributed by atoms with Crippen molar-refractivity contribution in [3.63, 3.8) is 0 Å². The Hall–Kier alpha value is 0.0900. The second-order valence-electron chi connectivity index (χ2n) is 7.20. The lowest BCUT2D eigenvalue weighted by Gasteiger charge is -2.25. The molecule has 130 valence electrons. The summed E-state index contributed by atoms with van der Waals surface area (Å²) in [6.45, 7) is 7.04. The first-order valence-corrected chi connectivity index (χ1v) is 11.1. The molecule has 1 rings (SSSR count). The van der Waals surface area contributed by atoms with Gasteiger partial charge in [-0.1, -0.05) is 83.6 Å². The van der Waals surface area contributed by atoms with E-state index in [1.54, 1.807) is 10.5 Å². The van der Waals surface area contributed by atoms with Crippen LogP contribution >= 0.6 is 11.8 Å². The van der Waals surface area contributed by atoms with E-state index in [-0.39, 0.29) is 0 Å². The van der Waals surface area contributed by atoms with Crippen LogP contribution in [0.2, 0.25) is 0 Å². The van der Waals surface area contributed by atoms with Gasteiger partial charge in [0, 0.05) is 0 Å². The molecule has 0 radical (unpaired) electrons. The molecule has 1 unspecified atom stereocenters. The third-order valence-electron chi connectivity index (χ3n) is 5.04. The van der Waals surface area contributed by atoms with Crippen LogP contribution in [-0.4, -0.2) is 5.75 Å².